The zero-order chi connectivity index (χ0) is 20.4. The minimum Gasteiger partial charge on any atom is -0.444 e. The maximum atomic E-state index is 12.7. The topological polar surface area (TPSA) is 90.7 Å². The van der Waals surface area contributed by atoms with Gasteiger partial charge < -0.3 is 14.4 Å². The van der Waals surface area contributed by atoms with Gasteiger partial charge in [0.2, 0.25) is 0 Å². The van der Waals surface area contributed by atoms with Gasteiger partial charge in [0.1, 0.15) is 23.2 Å². The molecule has 1 amide bonds. The summed E-state index contributed by atoms with van der Waals surface area (Å²) in [5.74, 6) is -0.355. The molecule has 0 aliphatic carbocycles. The molecule has 1 aliphatic rings. The number of carbonyl (C=O) groups excluding carboxylic acids is 3. The van der Waals surface area contributed by atoms with Gasteiger partial charge in [-0.3, -0.25) is 4.79 Å². The number of carbonyl (C=O) groups is 3. The fourth-order valence-corrected chi connectivity index (χ4v) is 2.72. The number of amides is 1. The first kappa shape index (κ1) is 20.9. The van der Waals surface area contributed by atoms with Gasteiger partial charge in [-0.1, -0.05) is 0 Å². The second-order valence-electron chi connectivity index (χ2n) is 8.75. The van der Waals surface area contributed by atoms with E-state index in [4.69, 9.17) is 9.47 Å². The lowest BCUT2D eigenvalue weighted by molar-refractivity contribution is 0.0182. The molecular weight excluding hydrogens is 350 g/mol. The van der Waals surface area contributed by atoms with Crippen LogP contribution in [0.4, 0.5) is 9.59 Å². The number of hydrogen-bond acceptors (Lipinski definition) is 6. The van der Waals surface area contributed by atoms with Crippen molar-refractivity contribution in [2.45, 2.75) is 65.6 Å². The molecule has 2 rings (SSSR count). The fraction of sp³-hybridized carbons (Fsp3) is 0.684. The van der Waals surface area contributed by atoms with Gasteiger partial charge >= 0.3 is 12.2 Å². The lowest BCUT2D eigenvalue weighted by Gasteiger charge is -2.32. The van der Waals surface area contributed by atoms with E-state index in [1.54, 1.807) is 25.7 Å². The van der Waals surface area contributed by atoms with Gasteiger partial charge in [-0.25, -0.2) is 19.1 Å². The van der Waals surface area contributed by atoms with Crippen LogP contribution in [-0.2, 0) is 9.47 Å². The highest BCUT2D eigenvalue weighted by Crippen LogP contribution is 2.23. The number of likely N-dealkylation sites (tertiary alicyclic amines) is 1. The first-order valence-electron chi connectivity index (χ1n) is 9.15. The summed E-state index contributed by atoms with van der Waals surface area (Å²) in [5, 5.41) is 0. The maximum Gasteiger partial charge on any atom is 0.419 e. The molecule has 0 atom stereocenters. The first-order chi connectivity index (χ1) is 12.4. The Morgan fingerprint density at radius 1 is 0.963 bits per heavy atom. The molecule has 1 fully saturated rings. The third-order valence-electron chi connectivity index (χ3n) is 3.96. The number of imidazole rings is 1. The summed E-state index contributed by atoms with van der Waals surface area (Å²) in [6.07, 6.45) is 2.83. The summed E-state index contributed by atoms with van der Waals surface area (Å²) in [7, 11) is 0. The van der Waals surface area contributed by atoms with Gasteiger partial charge in [0.25, 0.3) is 0 Å². The molecule has 0 spiro atoms. The third kappa shape index (κ3) is 6.08. The number of ether oxygens (including phenoxy) is 2. The molecule has 2 heterocycles. The highest BCUT2D eigenvalue weighted by Gasteiger charge is 2.31. The Balaban J connectivity index is 1.93. The number of nitrogens with zero attached hydrogens (tertiary/aromatic N) is 3. The van der Waals surface area contributed by atoms with Crippen molar-refractivity contribution < 1.29 is 23.9 Å². The Kier molecular flexibility index (Phi) is 5.97. The van der Waals surface area contributed by atoms with Crippen molar-refractivity contribution in [2.75, 3.05) is 13.1 Å². The zero-order valence-electron chi connectivity index (χ0n) is 16.9. The Bertz CT molecular complexity index is 704. The van der Waals surface area contributed by atoms with Gasteiger partial charge in [-0.2, -0.15) is 0 Å². The lowest BCUT2D eigenvalue weighted by Crippen LogP contribution is -2.43. The molecule has 8 heteroatoms. The predicted octanol–water partition coefficient (Wildman–Crippen LogP) is 3.50. The lowest BCUT2D eigenvalue weighted by atomic mass is 9.91. The van der Waals surface area contributed by atoms with Crippen molar-refractivity contribution in [3.63, 3.8) is 0 Å². The van der Waals surface area contributed by atoms with Crippen LogP contribution in [0.15, 0.2) is 12.5 Å². The molecule has 1 aromatic rings. The predicted molar refractivity (Wildman–Crippen MR) is 98.7 cm³/mol. The monoisotopic (exact) mass is 379 g/mol. The molecule has 0 radical (unpaired) electrons. The van der Waals surface area contributed by atoms with E-state index in [9.17, 15) is 14.4 Å². The van der Waals surface area contributed by atoms with Crippen LogP contribution in [0.2, 0.25) is 0 Å². The van der Waals surface area contributed by atoms with Gasteiger partial charge in [-0.05, 0) is 54.4 Å². The van der Waals surface area contributed by atoms with Crippen LogP contribution in [-0.4, -0.2) is 56.7 Å². The van der Waals surface area contributed by atoms with Crippen LogP contribution in [0, 0.1) is 5.92 Å². The van der Waals surface area contributed by atoms with Crippen molar-refractivity contribution in [1.29, 1.82) is 0 Å². The fourth-order valence-electron chi connectivity index (χ4n) is 2.72. The number of hydrogen-bond donors (Lipinski definition) is 0. The number of rotatable bonds is 2. The SMILES string of the molecule is CC(C)(C)OC(=O)N1CCC(C(=O)c2cn(C(=O)OC(C)(C)C)cn2)CC1. The van der Waals surface area contributed by atoms with E-state index < -0.39 is 17.3 Å². The normalized spacial score (nSPS) is 16.1. The van der Waals surface area contributed by atoms with Gasteiger partial charge in [0.05, 0.1) is 0 Å². The Morgan fingerprint density at radius 3 is 2.00 bits per heavy atom. The quantitative estimate of drug-likeness (QED) is 0.731. The molecule has 0 aromatic carbocycles. The van der Waals surface area contributed by atoms with Gasteiger partial charge in [0.15, 0.2) is 5.78 Å². The molecule has 1 aliphatic heterocycles. The van der Waals surface area contributed by atoms with E-state index in [1.807, 2.05) is 20.8 Å². The van der Waals surface area contributed by atoms with Crippen molar-refractivity contribution in [2.24, 2.45) is 5.92 Å². The summed E-state index contributed by atoms with van der Waals surface area (Å²) in [6, 6.07) is 0. The van der Waals surface area contributed by atoms with Crippen molar-refractivity contribution in [3.8, 4) is 0 Å². The number of Topliss-reactive ketones (excluding diaryl/α,β-unsaturated/α-hetero) is 1. The standard InChI is InChI=1S/C19H29N3O5/c1-18(2,3)26-16(24)21-9-7-13(8-10-21)15(23)14-11-22(12-20-14)17(25)27-19(4,5)6/h11-13H,7-10H2,1-6H3. The highest BCUT2D eigenvalue weighted by atomic mass is 16.6. The average molecular weight is 379 g/mol. The average Bonchev–Trinajstić information content (AvgIpc) is 3.01. The number of aromatic nitrogens is 2. The van der Waals surface area contributed by atoms with Crippen LogP contribution in [0.1, 0.15) is 64.9 Å². The smallest absolute Gasteiger partial charge is 0.419 e. The molecule has 0 unspecified atom stereocenters. The first-order valence-corrected chi connectivity index (χ1v) is 9.15. The van der Waals surface area contributed by atoms with Gasteiger partial charge in [-0.15, -0.1) is 0 Å². The molecule has 1 aromatic heterocycles. The minimum absolute atomic E-state index is 0.124. The van der Waals surface area contributed by atoms with E-state index >= 15 is 0 Å². The molecule has 1 saturated heterocycles. The summed E-state index contributed by atoms with van der Waals surface area (Å²) in [6.45, 7) is 11.7. The minimum atomic E-state index is -0.625. The summed E-state index contributed by atoms with van der Waals surface area (Å²) >= 11 is 0. The largest absolute Gasteiger partial charge is 0.444 e. The van der Waals surface area contributed by atoms with Crippen molar-refractivity contribution in [3.05, 3.63) is 18.2 Å². The zero-order valence-corrected chi connectivity index (χ0v) is 16.9. The third-order valence-corrected chi connectivity index (χ3v) is 3.96. The molecule has 150 valence electrons. The molecule has 8 nitrogen and oxygen atoms in total. The van der Waals surface area contributed by atoms with E-state index in [0.29, 0.717) is 25.9 Å². The van der Waals surface area contributed by atoms with E-state index in [-0.39, 0.29) is 23.5 Å². The Morgan fingerprint density at radius 2 is 1.48 bits per heavy atom. The summed E-state index contributed by atoms with van der Waals surface area (Å²) < 4.78 is 11.8. The van der Waals surface area contributed by atoms with Crippen LogP contribution in [0.5, 0.6) is 0 Å². The summed E-state index contributed by atoms with van der Waals surface area (Å²) in [4.78, 5) is 42.5. The van der Waals surface area contributed by atoms with E-state index in [1.165, 1.54) is 17.1 Å². The van der Waals surface area contributed by atoms with Crippen LogP contribution in [0.25, 0.3) is 0 Å². The van der Waals surface area contributed by atoms with Crippen LogP contribution >= 0.6 is 0 Å². The second kappa shape index (κ2) is 7.70. The molecule has 0 bridgehead atoms. The number of ketones is 1. The van der Waals surface area contributed by atoms with E-state index in [2.05, 4.69) is 4.98 Å². The molecule has 0 N–H and O–H groups in total. The second-order valence-corrected chi connectivity index (χ2v) is 8.75. The molecular formula is C19H29N3O5. The van der Waals surface area contributed by atoms with Crippen LogP contribution < -0.4 is 0 Å². The van der Waals surface area contributed by atoms with Crippen LogP contribution in [0.3, 0.4) is 0 Å². The highest BCUT2D eigenvalue weighted by molar-refractivity contribution is 5.96. The molecule has 0 saturated carbocycles. The molecule has 27 heavy (non-hydrogen) atoms. The van der Waals surface area contributed by atoms with Crippen molar-refractivity contribution >= 4 is 18.0 Å². The number of piperidine rings is 1. The Hall–Kier alpha value is -2.38. The van der Waals surface area contributed by atoms with E-state index in [0.717, 1.165) is 0 Å². The van der Waals surface area contributed by atoms with Gasteiger partial charge in [0, 0.05) is 25.2 Å². The maximum absolute atomic E-state index is 12.7. The summed E-state index contributed by atoms with van der Waals surface area (Å²) in [5.41, 5.74) is -0.935. The Labute approximate surface area is 159 Å². The van der Waals surface area contributed by atoms with Crippen molar-refractivity contribution in [1.82, 2.24) is 14.5 Å².